The Morgan fingerprint density at radius 1 is 0.789 bits per heavy atom. The van der Waals surface area contributed by atoms with Crippen LogP contribution >= 0.6 is 23.2 Å². The first-order chi connectivity index (χ1) is 9.09. The maximum absolute atomic E-state index is 6.08. The maximum atomic E-state index is 6.08. The molecule has 0 aliphatic carbocycles. The van der Waals surface area contributed by atoms with E-state index in [1.54, 1.807) is 0 Å². The second-order valence-corrected chi connectivity index (χ2v) is 5.36. The van der Waals surface area contributed by atoms with Crippen LogP contribution in [0.25, 0.3) is 0 Å². The standard InChI is InChI=1S/C16H16Cl2O/c1-11-13(5-3-7-15(11)17)9-19-10-14-6-4-8-16(18)12(14)2/h3-8H,9-10H2,1-2H3. The molecule has 0 saturated heterocycles. The third kappa shape index (κ3) is 3.50. The summed E-state index contributed by atoms with van der Waals surface area (Å²) in [4.78, 5) is 0. The molecule has 3 heteroatoms. The number of hydrogen-bond acceptors (Lipinski definition) is 1. The van der Waals surface area contributed by atoms with E-state index >= 15 is 0 Å². The predicted molar refractivity (Wildman–Crippen MR) is 80.9 cm³/mol. The Morgan fingerprint density at radius 2 is 1.21 bits per heavy atom. The number of ether oxygens (including phenoxy) is 1. The minimum Gasteiger partial charge on any atom is -0.372 e. The maximum Gasteiger partial charge on any atom is 0.0724 e. The molecular weight excluding hydrogens is 279 g/mol. The number of hydrogen-bond donors (Lipinski definition) is 0. The van der Waals surface area contributed by atoms with Crippen LogP contribution in [0.3, 0.4) is 0 Å². The summed E-state index contributed by atoms with van der Waals surface area (Å²) in [5.41, 5.74) is 4.39. The summed E-state index contributed by atoms with van der Waals surface area (Å²) in [7, 11) is 0. The van der Waals surface area contributed by atoms with Crippen LogP contribution in [0.15, 0.2) is 36.4 Å². The fraction of sp³-hybridized carbons (Fsp3) is 0.250. The fourth-order valence-electron chi connectivity index (χ4n) is 1.89. The van der Waals surface area contributed by atoms with E-state index in [2.05, 4.69) is 0 Å². The molecule has 0 unspecified atom stereocenters. The summed E-state index contributed by atoms with van der Waals surface area (Å²) in [5.74, 6) is 0. The molecule has 0 aliphatic rings. The van der Waals surface area contributed by atoms with Crippen LogP contribution in [0.5, 0.6) is 0 Å². The van der Waals surface area contributed by atoms with Gasteiger partial charge < -0.3 is 4.74 Å². The lowest BCUT2D eigenvalue weighted by Crippen LogP contribution is -1.98. The third-order valence-electron chi connectivity index (χ3n) is 3.27. The Balaban J connectivity index is 2.00. The minimum atomic E-state index is 0.554. The number of halogens is 2. The zero-order valence-electron chi connectivity index (χ0n) is 11.0. The van der Waals surface area contributed by atoms with Crippen LogP contribution in [-0.4, -0.2) is 0 Å². The van der Waals surface area contributed by atoms with Gasteiger partial charge in [-0.2, -0.15) is 0 Å². The molecule has 2 aromatic rings. The highest BCUT2D eigenvalue weighted by Crippen LogP contribution is 2.22. The fourth-order valence-corrected chi connectivity index (χ4v) is 2.28. The molecule has 0 atom stereocenters. The lowest BCUT2D eigenvalue weighted by Gasteiger charge is -2.10. The van der Waals surface area contributed by atoms with Gasteiger partial charge in [0.05, 0.1) is 13.2 Å². The van der Waals surface area contributed by atoms with Crippen molar-refractivity contribution < 1.29 is 4.74 Å². The van der Waals surface area contributed by atoms with E-state index < -0.39 is 0 Å². The SMILES string of the molecule is Cc1c(Cl)cccc1COCc1cccc(Cl)c1C. The van der Waals surface area contributed by atoms with Gasteiger partial charge in [0, 0.05) is 10.0 Å². The molecule has 0 fully saturated rings. The molecule has 0 heterocycles. The van der Waals surface area contributed by atoms with Gasteiger partial charge in [0.25, 0.3) is 0 Å². The van der Waals surface area contributed by atoms with Crippen molar-refractivity contribution in [3.63, 3.8) is 0 Å². The molecule has 0 amide bonds. The molecule has 2 aromatic carbocycles. The molecule has 1 nitrogen and oxygen atoms in total. The van der Waals surface area contributed by atoms with Gasteiger partial charge in [0.2, 0.25) is 0 Å². The monoisotopic (exact) mass is 294 g/mol. The van der Waals surface area contributed by atoms with Gasteiger partial charge in [-0.25, -0.2) is 0 Å². The first-order valence-corrected chi connectivity index (χ1v) is 6.91. The van der Waals surface area contributed by atoms with Crippen molar-refractivity contribution in [2.75, 3.05) is 0 Å². The Kier molecular flexibility index (Phi) is 4.87. The summed E-state index contributed by atoms with van der Waals surface area (Å²) in [6.45, 7) is 5.12. The third-order valence-corrected chi connectivity index (χ3v) is 4.09. The normalized spacial score (nSPS) is 10.7. The first-order valence-electron chi connectivity index (χ1n) is 6.15. The zero-order valence-corrected chi connectivity index (χ0v) is 12.6. The highest BCUT2D eigenvalue weighted by atomic mass is 35.5. The van der Waals surface area contributed by atoms with E-state index in [-0.39, 0.29) is 0 Å². The Labute approximate surface area is 124 Å². The molecule has 0 N–H and O–H groups in total. The van der Waals surface area contributed by atoms with Crippen LogP contribution < -0.4 is 0 Å². The van der Waals surface area contributed by atoms with Gasteiger partial charge >= 0.3 is 0 Å². The van der Waals surface area contributed by atoms with Gasteiger partial charge in [0.15, 0.2) is 0 Å². The lowest BCUT2D eigenvalue weighted by atomic mass is 10.1. The van der Waals surface area contributed by atoms with Gasteiger partial charge in [-0.15, -0.1) is 0 Å². The van der Waals surface area contributed by atoms with E-state index in [1.165, 1.54) is 0 Å². The van der Waals surface area contributed by atoms with E-state index in [4.69, 9.17) is 27.9 Å². The molecular formula is C16H16Cl2O. The van der Waals surface area contributed by atoms with Gasteiger partial charge in [-0.1, -0.05) is 47.5 Å². The molecule has 0 aliphatic heterocycles. The van der Waals surface area contributed by atoms with Crippen molar-refractivity contribution in [2.24, 2.45) is 0 Å². The summed E-state index contributed by atoms with van der Waals surface area (Å²) < 4.78 is 5.76. The second kappa shape index (κ2) is 6.42. The molecule has 2 rings (SSSR count). The minimum absolute atomic E-state index is 0.554. The Bertz CT molecular complexity index is 527. The molecule has 0 saturated carbocycles. The molecule has 0 spiro atoms. The highest BCUT2D eigenvalue weighted by Gasteiger charge is 2.04. The summed E-state index contributed by atoms with van der Waals surface area (Å²) in [5, 5.41) is 1.56. The van der Waals surface area contributed by atoms with Crippen LogP contribution in [0.4, 0.5) is 0 Å². The van der Waals surface area contributed by atoms with E-state index in [9.17, 15) is 0 Å². The van der Waals surface area contributed by atoms with E-state index in [0.717, 1.165) is 32.3 Å². The predicted octanol–water partition coefficient (Wildman–Crippen LogP) is 5.33. The van der Waals surface area contributed by atoms with Crippen molar-refractivity contribution >= 4 is 23.2 Å². The average Bonchev–Trinajstić information content (AvgIpc) is 2.39. The van der Waals surface area contributed by atoms with Crippen LogP contribution in [0.2, 0.25) is 10.0 Å². The van der Waals surface area contributed by atoms with E-state index in [0.29, 0.717) is 13.2 Å². The lowest BCUT2D eigenvalue weighted by molar-refractivity contribution is 0.106. The quantitative estimate of drug-likeness (QED) is 0.741. The van der Waals surface area contributed by atoms with Crippen molar-refractivity contribution in [2.45, 2.75) is 27.1 Å². The van der Waals surface area contributed by atoms with Crippen molar-refractivity contribution in [1.82, 2.24) is 0 Å². The summed E-state index contributed by atoms with van der Waals surface area (Å²) >= 11 is 12.2. The Morgan fingerprint density at radius 3 is 1.63 bits per heavy atom. The van der Waals surface area contributed by atoms with Crippen LogP contribution in [-0.2, 0) is 18.0 Å². The van der Waals surface area contributed by atoms with Crippen LogP contribution in [0, 0.1) is 13.8 Å². The summed E-state index contributed by atoms with van der Waals surface area (Å²) in [6, 6.07) is 11.7. The highest BCUT2D eigenvalue weighted by molar-refractivity contribution is 6.31. The topological polar surface area (TPSA) is 9.23 Å². The van der Waals surface area contributed by atoms with Crippen molar-refractivity contribution in [1.29, 1.82) is 0 Å². The van der Waals surface area contributed by atoms with Gasteiger partial charge in [0.1, 0.15) is 0 Å². The van der Waals surface area contributed by atoms with Crippen molar-refractivity contribution in [3.05, 3.63) is 68.7 Å². The molecule has 0 radical (unpaired) electrons. The average molecular weight is 295 g/mol. The van der Waals surface area contributed by atoms with Crippen molar-refractivity contribution in [3.8, 4) is 0 Å². The number of rotatable bonds is 4. The largest absolute Gasteiger partial charge is 0.372 e. The van der Waals surface area contributed by atoms with E-state index in [1.807, 2.05) is 50.2 Å². The molecule has 19 heavy (non-hydrogen) atoms. The first kappa shape index (κ1) is 14.4. The second-order valence-electron chi connectivity index (χ2n) is 4.54. The van der Waals surface area contributed by atoms with Gasteiger partial charge in [-0.3, -0.25) is 0 Å². The van der Waals surface area contributed by atoms with Gasteiger partial charge in [-0.05, 0) is 48.2 Å². The summed E-state index contributed by atoms with van der Waals surface area (Å²) in [6.07, 6.45) is 0. The molecule has 0 bridgehead atoms. The smallest absolute Gasteiger partial charge is 0.0724 e. The van der Waals surface area contributed by atoms with Crippen LogP contribution in [0.1, 0.15) is 22.3 Å². The zero-order chi connectivity index (χ0) is 13.8. The molecule has 100 valence electrons. The Hall–Kier alpha value is -1.02. The number of benzene rings is 2. The molecule has 0 aromatic heterocycles.